The number of rotatable bonds is 2. The Kier molecular flexibility index (Phi) is 2.55. The van der Waals surface area contributed by atoms with Gasteiger partial charge in [-0.2, -0.15) is 5.11 Å². The third-order valence-electron chi connectivity index (χ3n) is 2.07. The van der Waals surface area contributed by atoms with E-state index < -0.39 is 0 Å². The Morgan fingerprint density at radius 1 is 1.23 bits per heavy atom. The molecule has 0 amide bonds. The third kappa shape index (κ3) is 2.28. The van der Waals surface area contributed by atoms with Gasteiger partial charge in [0.1, 0.15) is 0 Å². The summed E-state index contributed by atoms with van der Waals surface area (Å²) >= 11 is 0. The van der Waals surface area contributed by atoms with E-state index in [1.807, 2.05) is 11.1 Å². The van der Waals surface area contributed by atoms with E-state index in [4.69, 9.17) is 0 Å². The van der Waals surface area contributed by atoms with Crippen LogP contribution in [0.3, 0.4) is 0 Å². The summed E-state index contributed by atoms with van der Waals surface area (Å²) in [4.78, 5) is 0. The zero-order valence-electron chi connectivity index (χ0n) is 7.56. The average molecular weight is 175 g/mol. The average Bonchev–Trinajstić information content (AvgIpc) is 2.21. The van der Waals surface area contributed by atoms with Crippen molar-refractivity contribution in [2.75, 3.05) is 13.1 Å². The van der Waals surface area contributed by atoms with Crippen molar-refractivity contribution in [1.29, 1.82) is 0 Å². The third-order valence-corrected chi connectivity index (χ3v) is 2.07. The van der Waals surface area contributed by atoms with Gasteiger partial charge < -0.3 is 0 Å². The van der Waals surface area contributed by atoms with E-state index in [1.165, 1.54) is 5.56 Å². The second-order valence-electron chi connectivity index (χ2n) is 3.18. The predicted molar refractivity (Wildman–Crippen MR) is 51.2 cm³/mol. The van der Waals surface area contributed by atoms with Crippen LogP contribution in [0.1, 0.15) is 12.0 Å². The molecule has 0 fully saturated rings. The van der Waals surface area contributed by atoms with Crippen molar-refractivity contribution in [2.45, 2.75) is 13.0 Å². The lowest BCUT2D eigenvalue weighted by molar-refractivity contribution is 0.232. The summed E-state index contributed by atoms with van der Waals surface area (Å²) in [5.74, 6) is 0. The topological polar surface area (TPSA) is 28.0 Å². The quantitative estimate of drug-likeness (QED) is 0.677. The first kappa shape index (κ1) is 8.23. The number of hydrogen-bond acceptors (Lipinski definition) is 3. The van der Waals surface area contributed by atoms with Gasteiger partial charge in [-0.25, -0.2) is 0 Å². The lowest BCUT2D eigenvalue weighted by Gasteiger charge is -2.20. The van der Waals surface area contributed by atoms with Crippen molar-refractivity contribution in [3.05, 3.63) is 35.9 Å². The summed E-state index contributed by atoms with van der Waals surface area (Å²) in [5, 5.41) is 10.1. The molecule has 0 saturated carbocycles. The second-order valence-corrected chi connectivity index (χ2v) is 3.18. The maximum atomic E-state index is 4.08. The molecule has 1 aliphatic rings. The van der Waals surface area contributed by atoms with Gasteiger partial charge in [0, 0.05) is 6.54 Å². The minimum Gasteiger partial charge on any atom is -0.274 e. The Morgan fingerprint density at radius 2 is 2.08 bits per heavy atom. The molecule has 13 heavy (non-hydrogen) atoms. The highest BCUT2D eigenvalue weighted by Gasteiger charge is 2.05. The van der Waals surface area contributed by atoms with Crippen LogP contribution >= 0.6 is 0 Å². The maximum absolute atomic E-state index is 4.08. The molecule has 1 aliphatic heterocycles. The molecule has 0 atom stereocenters. The molecule has 0 radical (unpaired) electrons. The van der Waals surface area contributed by atoms with Gasteiger partial charge in [0.15, 0.2) is 0 Å². The molecule has 0 spiro atoms. The van der Waals surface area contributed by atoms with Gasteiger partial charge in [0.05, 0.1) is 13.1 Å². The van der Waals surface area contributed by atoms with E-state index in [2.05, 4.69) is 34.6 Å². The van der Waals surface area contributed by atoms with Crippen LogP contribution in [0.5, 0.6) is 0 Å². The van der Waals surface area contributed by atoms with Gasteiger partial charge in [0.25, 0.3) is 0 Å². The molecule has 0 unspecified atom stereocenters. The lowest BCUT2D eigenvalue weighted by Crippen LogP contribution is -2.21. The Hall–Kier alpha value is -1.38. The Morgan fingerprint density at radius 3 is 2.77 bits per heavy atom. The van der Waals surface area contributed by atoms with E-state index in [1.54, 1.807) is 0 Å². The standard InChI is InChI=1S/C10H13N3/c1-2-5-10(6-3-1)9-13-8-4-7-11-12-13/h1-3,5-6H,4,7-9H2. The van der Waals surface area contributed by atoms with Gasteiger partial charge in [-0.15, -0.1) is 0 Å². The van der Waals surface area contributed by atoms with Crippen LogP contribution in [0, 0.1) is 0 Å². The van der Waals surface area contributed by atoms with E-state index in [9.17, 15) is 0 Å². The molecule has 2 rings (SSSR count). The van der Waals surface area contributed by atoms with Crippen molar-refractivity contribution in [3.63, 3.8) is 0 Å². The predicted octanol–water partition coefficient (Wildman–Crippen LogP) is 2.26. The molecule has 0 bridgehead atoms. The molecule has 1 aromatic carbocycles. The first-order chi connectivity index (χ1) is 6.45. The molecule has 0 aromatic heterocycles. The first-order valence-corrected chi connectivity index (χ1v) is 4.61. The fourth-order valence-corrected chi connectivity index (χ4v) is 1.41. The lowest BCUT2D eigenvalue weighted by atomic mass is 10.2. The van der Waals surface area contributed by atoms with Crippen LogP contribution in [0.15, 0.2) is 40.7 Å². The van der Waals surface area contributed by atoms with Gasteiger partial charge in [-0.1, -0.05) is 35.6 Å². The Labute approximate surface area is 78.1 Å². The van der Waals surface area contributed by atoms with Gasteiger partial charge >= 0.3 is 0 Å². The van der Waals surface area contributed by atoms with Crippen LogP contribution in [0.2, 0.25) is 0 Å². The smallest absolute Gasteiger partial charge is 0.0637 e. The molecule has 0 N–H and O–H groups in total. The van der Waals surface area contributed by atoms with Crippen LogP contribution in [0.4, 0.5) is 0 Å². The molecular weight excluding hydrogens is 162 g/mol. The fraction of sp³-hybridized carbons (Fsp3) is 0.400. The molecule has 1 aromatic rings. The highest BCUT2D eigenvalue weighted by molar-refractivity contribution is 5.14. The van der Waals surface area contributed by atoms with E-state index in [-0.39, 0.29) is 0 Å². The van der Waals surface area contributed by atoms with Crippen LogP contribution in [-0.2, 0) is 6.54 Å². The van der Waals surface area contributed by atoms with E-state index in [0.29, 0.717) is 0 Å². The van der Waals surface area contributed by atoms with Crippen molar-refractivity contribution in [3.8, 4) is 0 Å². The van der Waals surface area contributed by atoms with Crippen molar-refractivity contribution in [2.24, 2.45) is 10.3 Å². The zero-order chi connectivity index (χ0) is 8.93. The minimum absolute atomic E-state index is 0.879. The van der Waals surface area contributed by atoms with E-state index >= 15 is 0 Å². The summed E-state index contributed by atoms with van der Waals surface area (Å²) in [7, 11) is 0. The fourth-order valence-electron chi connectivity index (χ4n) is 1.41. The molecule has 0 saturated heterocycles. The van der Waals surface area contributed by atoms with Gasteiger partial charge in [-0.05, 0) is 12.0 Å². The van der Waals surface area contributed by atoms with Gasteiger partial charge in [-0.3, -0.25) is 5.01 Å². The SMILES string of the molecule is c1ccc(CN2CCCN=N2)cc1. The summed E-state index contributed by atoms with van der Waals surface area (Å²) in [5.41, 5.74) is 1.29. The normalized spacial score (nSPS) is 16.2. The van der Waals surface area contributed by atoms with E-state index in [0.717, 1.165) is 26.1 Å². The Bertz CT molecular complexity index is 281. The number of hydrogen-bond donors (Lipinski definition) is 0. The summed E-state index contributed by atoms with van der Waals surface area (Å²) in [6.45, 7) is 2.79. The molecule has 3 nitrogen and oxygen atoms in total. The van der Waals surface area contributed by atoms with Gasteiger partial charge in [0.2, 0.25) is 0 Å². The largest absolute Gasteiger partial charge is 0.274 e. The number of benzene rings is 1. The van der Waals surface area contributed by atoms with Crippen molar-refractivity contribution in [1.82, 2.24) is 5.01 Å². The molecule has 68 valence electrons. The monoisotopic (exact) mass is 175 g/mol. The van der Waals surface area contributed by atoms with Crippen molar-refractivity contribution >= 4 is 0 Å². The summed E-state index contributed by atoms with van der Waals surface area (Å²) < 4.78 is 0. The number of nitrogens with zero attached hydrogens (tertiary/aromatic N) is 3. The van der Waals surface area contributed by atoms with Crippen LogP contribution in [-0.4, -0.2) is 18.1 Å². The molecule has 1 heterocycles. The van der Waals surface area contributed by atoms with Crippen LogP contribution < -0.4 is 0 Å². The maximum Gasteiger partial charge on any atom is 0.0637 e. The highest BCUT2D eigenvalue weighted by Crippen LogP contribution is 2.08. The zero-order valence-corrected chi connectivity index (χ0v) is 7.56. The van der Waals surface area contributed by atoms with Crippen LogP contribution in [0.25, 0.3) is 0 Å². The Balaban J connectivity index is 1.98. The molecule has 0 aliphatic carbocycles. The highest BCUT2D eigenvalue weighted by atomic mass is 15.5. The molecular formula is C10H13N3. The second kappa shape index (κ2) is 4.03. The summed E-state index contributed by atoms with van der Waals surface area (Å²) in [6, 6.07) is 10.4. The first-order valence-electron chi connectivity index (χ1n) is 4.61. The molecule has 3 heteroatoms. The minimum atomic E-state index is 0.879. The summed E-state index contributed by atoms with van der Waals surface area (Å²) in [6.07, 6.45) is 1.12. The van der Waals surface area contributed by atoms with Crippen molar-refractivity contribution < 1.29 is 0 Å².